The predicted octanol–water partition coefficient (Wildman–Crippen LogP) is 1.09. The first kappa shape index (κ1) is 13.4. The smallest absolute Gasteiger partial charge is 0.136 e. The molecule has 1 unspecified atom stereocenters. The maximum Gasteiger partial charge on any atom is 0.136 e. The molecule has 6 nitrogen and oxygen atoms in total. The number of nitrogens with zero attached hydrogens (tertiary/aromatic N) is 1. The number of benzene rings is 1. The van der Waals surface area contributed by atoms with Gasteiger partial charge in [-0.2, -0.15) is 0 Å². The Bertz CT molecular complexity index is 554. The van der Waals surface area contributed by atoms with Crippen molar-refractivity contribution in [2.24, 2.45) is 5.73 Å². The van der Waals surface area contributed by atoms with Crippen LogP contribution < -0.4 is 15.2 Å². The summed E-state index contributed by atoms with van der Waals surface area (Å²) in [4.78, 5) is 7.14. The lowest BCUT2D eigenvalue weighted by Gasteiger charge is -2.09. The lowest BCUT2D eigenvalue weighted by Crippen LogP contribution is -2.12. The first-order chi connectivity index (χ1) is 9.19. The first-order valence-corrected chi connectivity index (χ1v) is 5.85. The summed E-state index contributed by atoms with van der Waals surface area (Å²) in [5.41, 5.74) is 6.94. The molecule has 2 aromatic rings. The number of hydrogen-bond donors (Lipinski definition) is 3. The van der Waals surface area contributed by atoms with Crippen LogP contribution in [0.1, 0.15) is 11.9 Å². The number of aliphatic hydroxyl groups excluding tert-OH is 1. The molecule has 0 fully saturated rings. The van der Waals surface area contributed by atoms with Crippen LogP contribution in [0.15, 0.2) is 24.4 Å². The summed E-state index contributed by atoms with van der Waals surface area (Å²) in [6.07, 6.45) is 0.830. The number of aromatic amines is 1. The van der Waals surface area contributed by atoms with Gasteiger partial charge in [0.25, 0.3) is 0 Å². The van der Waals surface area contributed by atoms with Crippen LogP contribution in [0, 0.1) is 0 Å². The SMILES string of the molecule is COc1ccc(OC)c(-c2cnc(C(O)CN)[nH]2)c1. The first-order valence-electron chi connectivity index (χ1n) is 5.85. The van der Waals surface area contributed by atoms with Gasteiger partial charge in [-0.3, -0.25) is 0 Å². The highest BCUT2D eigenvalue weighted by atomic mass is 16.5. The lowest BCUT2D eigenvalue weighted by molar-refractivity contribution is 0.177. The lowest BCUT2D eigenvalue weighted by atomic mass is 10.1. The minimum atomic E-state index is -0.801. The number of imidazole rings is 1. The molecule has 19 heavy (non-hydrogen) atoms. The number of methoxy groups -OCH3 is 2. The molecule has 1 aromatic carbocycles. The van der Waals surface area contributed by atoms with E-state index in [1.807, 2.05) is 18.2 Å². The van der Waals surface area contributed by atoms with Gasteiger partial charge in [0.2, 0.25) is 0 Å². The van der Waals surface area contributed by atoms with Gasteiger partial charge in [-0.1, -0.05) is 0 Å². The minimum absolute atomic E-state index is 0.113. The van der Waals surface area contributed by atoms with E-state index in [1.54, 1.807) is 20.4 Å². The number of ether oxygens (including phenoxy) is 2. The molecule has 0 bridgehead atoms. The highest BCUT2D eigenvalue weighted by molar-refractivity contribution is 5.68. The zero-order chi connectivity index (χ0) is 13.8. The van der Waals surface area contributed by atoms with Gasteiger partial charge in [0.15, 0.2) is 0 Å². The fraction of sp³-hybridized carbons (Fsp3) is 0.308. The summed E-state index contributed by atoms with van der Waals surface area (Å²) in [6, 6.07) is 5.47. The van der Waals surface area contributed by atoms with Gasteiger partial charge < -0.3 is 25.3 Å². The Morgan fingerprint density at radius 2 is 2.16 bits per heavy atom. The van der Waals surface area contributed by atoms with Crippen molar-refractivity contribution in [1.29, 1.82) is 0 Å². The van der Waals surface area contributed by atoms with Gasteiger partial charge in [0.1, 0.15) is 23.4 Å². The van der Waals surface area contributed by atoms with E-state index in [-0.39, 0.29) is 6.54 Å². The number of hydrogen-bond acceptors (Lipinski definition) is 5. The van der Waals surface area contributed by atoms with Crippen LogP contribution in [0.5, 0.6) is 11.5 Å². The molecule has 0 radical (unpaired) electrons. The van der Waals surface area contributed by atoms with Crippen molar-refractivity contribution in [3.05, 3.63) is 30.2 Å². The molecule has 0 amide bonds. The van der Waals surface area contributed by atoms with Crippen molar-refractivity contribution in [1.82, 2.24) is 9.97 Å². The van der Waals surface area contributed by atoms with E-state index < -0.39 is 6.10 Å². The van der Waals surface area contributed by atoms with E-state index in [0.717, 1.165) is 11.3 Å². The van der Waals surface area contributed by atoms with E-state index >= 15 is 0 Å². The number of nitrogens with two attached hydrogens (primary N) is 1. The molecule has 0 aliphatic carbocycles. The molecule has 0 aliphatic heterocycles. The van der Waals surface area contributed by atoms with Gasteiger partial charge in [-0.05, 0) is 18.2 Å². The van der Waals surface area contributed by atoms with Crippen LogP contribution in [0.4, 0.5) is 0 Å². The van der Waals surface area contributed by atoms with Crippen LogP contribution in [0.2, 0.25) is 0 Å². The van der Waals surface area contributed by atoms with Gasteiger partial charge in [-0.25, -0.2) is 4.98 Å². The normalized spacial score (nSPS) is 12.2. The second-order valence-corrected chi connectivity index (χ2v) is 4.00. The Morgan fingerprint density at radius 1 is 1.37 bits per heavy atom. The third-order valence-electron chi connectivity index (χ3n) is 2.83. The van der Waals surface area contributed by atoms with Crippen LogP contribution >= 0.6 is 0 Å². The van der Waals surface area contributed by atoms with Crippen molar-refractivity contribution in [3.8, 4) is 22.8 Å². The fourth-order valence-corrected chi connectivity index (χ4v) is 1.78. The van der Waals surface area contributed by atoms with E-state index in [0.29, 0.717) is 17.3 Å². The summed E-state index contributed by atoms with van der Waals surface area (Å²) in [6.45, 7) is 0.113. The molecular formula is C13H17N3O3. The zero-order valence-corrected chi connectivity index (χ0v) is 10.9. The molecule has 0 saturated heterocycles. The van der Waals surface area contributed by atoms with Crippen molar-refractivity contribution < 1.29 is 14.6 Å². The topological polar surface area (TPSA) is 93.4 Å². The highest BCUT2D eigenvalue weighted by Gasteiger charge is 2.14. The molecule has 2 rings (SSSR count). The number of nitrogens with one attached hydrogen (secondary N) is 1. The molecule has 0 spiro atoms. The summed E-state index contributed by atoms with van der Waals surface area (Å²) < 4.78 is 10.5. The van der Waals surface area contributed by atoms with Crippen LogP contribution in [-0.4, -0.2) is 35.8 Å². The van der Waals surface area contributed by atoms with E-state index in [9.17, 15) is 5.11 Å². The van der Waals surface area contributed by atoms with Crippen molar-refractivity contribution >= 4 is 0 Å². The Labute approximate surface area is 111 Å². The molecule has 0 saturated carbocycles. The second-order valence-electron chi connectivity index (χ2n) is 4.00. The van der Waals surface area contributed by atoms with Crippen molar-refractivity contribution in [3.63, 3.8) is 0 Å². The van der Waals surface area contributed by atoms with Crippen LogP contribution in [0.25, 0.3) is 11.3 Å². The fourth-order valence-electron chi connectivity index (χ4n) is 1.78. The number of aromatic nitrogens is 2. The highest BCUT2D eigenvalue weighted by Crippen LogP contribution is 2.32. The van der Waals surface area contributed by atoms with Crippen LogP contribution in [0.3, 0.4) is 0 Å². The molecule has 6 heteroatoms. The summed E-state index contributed by atoms with van der Waals surface area (Å²) in [7, 11) is 3.19. The molecule has 0 aliphatic rings. The van der Waals surface area contributed by atoms with Gasteiger partial charge >= 0.3 is 0 Å². The Kier molecular flexibility index (Phi) is 4.03. The van der Waals surface area contributed by atoms with Gasteiger partial charge in [-0.15, -0.1) is 0 Å². The third-order valence-corrected chi connectivity index (χ3v) is 2.83. The Balaban J connectivity index is 2.42. The van der Waals surface area contributed by atoms with Crippen LogP contribution in [-0.2, 0) is 0 Å². The molecule has 1 heterocycles. The molecule has 4 N–H and O–H groups in total. The molecule has 102 valence electrons. The van der Waals surface area contributed by atoms with Crippen molar-refractivity contribution in [2.75, 3.05) is 20.8 Å². The Morgan fingerprint density at radius 3 is 2.79 bits per heavy atom. The summed E-state index contributed by atoms with van der Waals surface area (Å²) >= 11 is 0. The average molecular weight is 263 g/mol. The average Bonchev–Trinajstić information content (AvgIpc) is 2.95. The molecule has 1 aromatic heterocycles. The minimum Gasteiger partial charge on any atom is -0.497 e. The van der Waals surface area contributed by atoms with Crippen molar-refractivity contribution in [2.45, 2.75) is 6.10 Å². The second kappa shape index (κ2) is 5.73. The third kappa shape index (κ3) is 2.69. The monoisotopic (exact) mass is 263 g/mol. The molecule has 1 atom stereocenters. The zero-order valence-electron chi connectivity index (χ0n) is 10.9. The number of H-pyrrole nitrogens is 1. The number of rotatable bonds is 5. The van der Waals surface area contributed by atoms with Gasteiger partial charge in [0, 0.05) is 12.1 Å². The summed E-state index contributed by atoms with van der Waals surface area (Å²) in [5, 5.41) is 9.64. The molecular weight excluding hydrogens is 246 g/mol. The van der Waals surface area contributed by atoms with E-state index in [1.165, 1.54) is 0 Å². The maximum absolute atomic E-state index is 9.64. The van der Waals surface area contributed by atoms with Gasteiger partial charge in [0.05, 0.1) is 26.1 Å². The predicted molar refractivity (Wildman–Crippen MR) is 71.1 cm³/mol. The standard InChI is InChI=1S/C13H17N3O3/c1-18-8-3-4-12(19-2)9(5-8)10-7-15-13(16-10)11(17)6-14/h3-5,7,11,17H,6,14H2,1-2H3,(H,15,16). The number of aliphatic hydroxyl groups is 1. The van der Waals surface area contributed by atoms with E-state index in [2.05, 4.69) is 9.97 Å². The largest absolute Gasteiger partial charge is 0.497 e. The summed E-state index contributed by atoms with van der Waals surface area (Å²) in [5.74, 6) is 1.84. The Hall–Kier alpha value is -2.05. The van der Waals surface area contributed by atoms with E-state index in [4.69, 9.17) is 15.2 Å². The quantitative estimate of drug-likeness (QED) is 0.750. The maximum atomic E-state index is 9.64.